The van der Waals surface area contributed by atoms with Gasteiger partial charge in [-0.25, -0.2) is 0 Å². The van der Waals surface area contributed by atoms with Crippen LogP contribution in [0.15, 0.2) is 40.8 Å². The molecule has 1 aromatic heterocycles. The van der Waals surface area contributed by atoms with Gasteiger partial charge in [0.25, 0.3) is 5.91 Å². The molecule has 27 heavy (non-hydrogen) atoms. The fourth-order valence-corrected chi connectivity index (χ4v) is 4.44. The number of rotatable bonds is 4. The molecule has 2 amide bonds. The van der Waals surface area contributed by atoms with Gasteiger partial charge in [0, 0.05) is 31.7 Å². The molecule has 0 bridgehead atoms. The average molecular weight is 387 g/mol. The predicted molar refractivity (Wildman–Crippen MR) is 104 cm³/mol. The SMILES string of the molecule is CCCN1CCC2(CCN(C(=O)c3ccc(-c4ccccc4Cl)o3)C2)C1=O. The fourth-order valence-electron chi connectivity index (χ4n) is 4.21. The molecule has 0 aliphatic carbocycles. The molecule has 0 N–H and O–H groups in total. The van der Waals surface area contributed by atoms with Crippen LogP contribution in [-0.4, -0.2) is 47.8 Å². The van der Waals surface area contributed by atoms with Crippen molar-refractivity contribution in [2.24, 2.45) is 5.41 Å². The standard InChI is InChI=1S/C21H23ClN2O3/c1-2-11-23-12-9-21(20(23)26)10-13-24(14-21)19(25)18-8-7-17(27-18)15-5-3-4-6-16(15)22/h3-8H,2,9-14H2,1H3. The first-order valence-electron chi connectivity index (χ1n) is 9.47. The topological polar surface area (TPSA) is 53.8 Å². The number of furan rings is 1. The van der Waals surface area contributed by atoms with Crippen LogP contribution in [0.3, 0.4) is 0 Å². The van der Waals surface area contributed by atoms with Crippen molar-refractivity contribution in [3.05, 3.63) is 47.2 Å². The maximum atomic E-state index is 12.9. The molecular weight excluding hydrogens is 364 g/mol. The van der Waals surface area contributed by atoms with Crippen LogP contribution in [0.25, 0.3) is 11.3 Å². The summed E-state index contributed by atoms with van der Waals surface area (Å²) in [6.07, 6.45) is 2.52. The molecule has 4 rings (SSSR count). The van der Waals surface area contributed by atoms with Crippen LogP contribution in [0.4, 0.5) is 0 Å². The van der Waals surface area contributed by atoms with Gasteiger partial charge in [0.05, 0.1) is 10.4 Å². The Kier molecular flexibility index (Phi) is 4.72. The Labute approximate surface area is 163 Å². The number of hydrogen-bond donors (Lipinski definition) is 0. The maximum absolute atomic E-state index is 12.9. The second-order valence-electron chi connectivity index (χ2n) is 7.44. The minimum absolute atomic E-state index is 0.160. The Morgan fingerprint density at radius 1 is 1.19 bits per heavy atom. The summed E-state index contributed by atoms with van der Waals surface area (Å²) in [7, 11) is 0. The molecule has 1 unspecified atom stereocenters. The lowest BCUT2D eigenvalue weighted by molar-refractivity contribution is -0.135. The number of nitrogens with zero attached hydrogens (tertiary/aromatic N) is 2. The van der Waals surface area contributed by atoms with Crippen LogP contribution < -0.4 is 0 Å². The number of carbonyl (C=O) groups excluding carboxylic acids is 2. The molecule has 5 nitrogen and oxygen atoms in total. The summed E-state index contributed by atoms with van der Waals surface area (Å²) in [4.78, 5) is 29.4. The van der Waals surface area contributed by atoms with Crippen molar-refractivity contribution in [3.8, 4) is 11.3 Å². The van der Waals surface area contributed by atoms with Crippen LogP contribution in [0, 0.1) is 5.41 Å². The Morgan fingerprint density at radius 3 is 2.74 bits per heavy atom. The summed E-state index contributed by atoms with van der Waals surface area (Å²) in [6.45, 7) is 4.75. The highest BCUT2D eigenvalue weighted by atomic mass is 35.5. The third kappa shape index (κ3) is 3.14. The number of carbonyl (C=O) groups is 2. The van der Waals surface area contributed by atoms with Gasteiger partial charge in [0.1, 0.15) is 5.76 Å². The molecule has 1 spiro atoms. The van der Waals surface area contributed by atoms with E-state index in [1.165, 1.54) is 0 Å². The summed E-state index contributed by atoms with van der Waals surface area (Å²) in [5.74, 6) is 0.907. The van der Waals surface area contributed by atoms with Crippen LogP contribution in [0.2, 0.25) is 5.02 Å². The third-order valence-corrected chi connectivity index (χ3v) is 6.02. The van der Waals surface area contributed by atoms with Gasteiger partial charge in [-0.1, -0.05) is 30.7 Å². The first-order chi connectivity index (χ1) is 13.0. The highest BCUT2D eigenvalue weighted by Gasteiger charge is 2.51. The van der Waals surface area contributed by atoms with E-state index in [0.717, 1.165) is 37.9 Å². The Balaban J connectivity index is 1.49. The molecule has 2 aliphatic heterocycles. The third-order valence-electron chi connectivity index (χ3n) is 5.69. The van der Waals surface area contributed by atoms with E-state index >= 15 is 0 Å². The summed E-state index contributed by atoms with van der Waals surface area (Å²) in [6, 6.07) is 10.8. The lowest BCUT2D eigenvalue weighted by Gasteiger charge is -2.23. The van der Waals surface area contributed by atoms with Gasteiger partial charge in [-0.15, -0.1) is 0 Å². The van der Waals surface area contributed by atoms with Crippen molar-refractivity contribution < 1.29 is 14.0 Å². The van der Waals surface area contributed by atoms with Crippen molar-refractivity contribution >= 4 is 23.4 Å². The number of likely N-dealkylation sites (tertiary alicyclic amines) is 2. The zero-order valence-electron chi connectivity index (χ0n) is 15.4. The second kappa shape index (κ2) is 7.04. The van der Waals surface area contributed by atoms with Crippen LogP contribution >= 0.6 is 11.6 Å². The molecule has 3 heterocycles. The van der Waals surface area contributed by atoms with Crippen molar-refractivity contribution in [1.82, 2.24) is 9.80 Å². The average Bonchev–Trinajstić information content (AvgIpc) is 3.38. The normalized spacial score (nSPS) is 22.2. The van der Waals surface area contributed by atoms with Gasteiger partial charge < -0.3 is 14.2 Å². The van der Waals surface area contributed by atoms with E-state index in [1.54, 1.807) is 23.1 Å². The van der Waals surface area contributed by atoms with E-state index in [2.05, 4.69) is 6.92 Å². The summed E-state index contributed by atoms with van der Waals surface area (Å²) >= 11 is 6.21. The Hall–Kier alpha value is -2.27. The molecule has 1 atom stereocenters. The number of benzene rings is 1. The molecule has 2 aromatic rings. The molecule has 142 valence electrons. The summed E-state index contributed by atoms with van der Waals surface area (Å²) in [5.41, 5.74) is 0.362. The molecule has 6 heteroatoms. The lowest BCUT2D eigenvalue weighted by atomic mass is 9.85. The monoisotopic (exact) mass is 386 g/mol. The van der Waals surface area contributed by atoms with E-state index in [9.17, 15) is 9.59 Å². The first-order valence-corrected chi connectivity index (χ1v) is 9.85. The summed E-state index contributed by atoms with van der Waals surface area (Å²) < 4.78 is 5.79. The van der Waals surface area contributed by atoms with E-state index in [1.807, 2.05) is 23.1 Å². The fraction of sp³-hybridized carbons (Fsp3) is 0.429. The molecular formula is C21H23ClN2O3. The van der Waals surface area contributed by atoms with Crippen LogP contribution in [0.1, 0.15) is 36.7 Å². The number of halogens is 1. The van der Waals surface area contributed by atoms with Crippen LogP contribution in [-0.2, 0) is 4.79 Å². The van der Waals surface area contributed by atoms with Crippen LogP contribution in [0.5, 0.6) is 0 Å². The van der Waals surface area contributed by atoms with E-state index in [-0.39, 0.29) is 17.6 Å². The van der Waals surface area contributed by atoms with E-state index in [4.69, 9.17) is 16.0 Å². The lowest BCUT2D eigenvalue weighted by Crippen LogP contribution is -2.38. The van der Waals surface area contributed by atoms with Gasteiger partial charge in [0.15, 0.2) is 5.76 Å². The van der Waals surface area contributed by atoms with Crippen molar-refractivity contribution in [2.75, 3.05) is 26.2 Å². The van der Waals surface area contributed by atoms with E-state index < -0.39 is 5.41 Å². The summed E-state index contributed by atoms with van der Waals surface area (Å²) in [5, 5.41) is 0.582. The number of hydrogen-bond acceptors (Lipinski definition) is 3. The largest absolute Gasteiger partial charge is 0.451 e. The molecule has 0 saturated carbocycles. The van der Waals surface area contributed by atoms with Gasteiger partial charge >= 0.3 is 0 Å². The highest BCUT2D eigenvalue weighted by Crippen LogP contribution is 2.41. The maximum Gasteiger partial charge on any atom is 0.289 e. The number of amides is 2. The first kappa shape index (κ1) is 18.1. The molecule has 2 saturated heterocycles. The minimum atomic E-state index is -0.400. The Morgan fingerprint density at radius 2 is 1.96 bits per heavy atom. The van der Waals surface area contributed by atoms with Crippen molar-refractivity contribution in [3.63, 3.8) is 0 Å². The minimum Gasteiger partial charge on any atom is -0.451 e. The molecule has 1 aromatic carbocycles. The van der Waals surface area contributed by atoms with Crippen molar-refractivity contribution in [2.45, 2.75) is 26.2 Å². The van der Waals surface area contributed by atoms with Gasteiger partial charge in [-0.2, -0.15) is 0 Å². The Bertz CT molecular complexity index is 878. The predicted octanol–water partition coefficient (Wildman–Crippen LogP) is 4.07. The van der Waals surface area contributed by atoms with Gasteiger partial charge in [-0.3, -0.25) is 9.59 Å². The molecule has 2 aliphatic rings. The molecule has 0 radical (unpaired) electrons. The zero-order chi connectivity index (χ0) is 19.0. The van der Waals surface area contributed by atoms with Gasteiger partial charge in [0.2, 0.25) is 5.91 Å². The highest BCUT2D eigenvalue weighted by molar-refractivity contribution is 6.33. The van der Waals surface area contributed by atoms with Crippen molar-refractivity contribution in [1.29, 1.82) is 0 Å². The quantitative estimate of drug-likeness (QED) is 0.795. The molecule has 2 fully saturated rings. The second-order valence-corrected chi connectivity index (χ2v) is 7.85. The van der Waals surface area contributed by atoms with E-state index in [0.29, 0.717) is 23.9 Å². The zero-order valence-corrected chi connectivity index (χ0v) is 16.2. The smallest absolute Gasteiger partial charge is 0.289 e. The van der Waals surface area contributed by atoms with Gasteiger partial charge in [-0.05, 0) is 43.5 Å².